The minimum Gasteiger partial charge on any atom is -0.322 e. The highest BCUT2D eigenvalue weighted by Crippen LogP contribution is 2.26. The number of nitrogens with one attached hydrogen (secondary N) is 2. The first kappa shape index (κ1) is 27.2. The largest absolute Gasteiger partial charge is 0.322 e. The number of pyridine rings is 1. The average Bonchev–Trinajstić information content (AvgIpc) is 2.93. The number of aryl methyl sites for hydroxylation is 2. The number of benzene rings is 2. The van der Waals surface area contributed by atoms with Crippen LogP contribution in [-0.2, 0) is 14.8 Å². The summed E-state index contributed by atoms with van der Waals surface area (Å²) in [7, 11) is -3.61. The van der Waals surface area contributed by atoms with Crippen molar-refractivity contribution in [3.8, 4) is 0 Å². The Labute approximate surface area is 223 Å². The van der Waals surface area contributed by atoms with E-state index in [1.54, 1.807) is 62.5 Å². The second kappa shape index (κ2) is 11.7. The van der Waals surface area contributed by atoms with Gasteiger partial charge in [-0.3, -0.25) is 14.6 Å². The van der Waals surface area contributed by atoms with Gasteiger partial charge in [0.15, 0.2) is 0 Å². The predicted octanol–water partition coefficient (Wildman–Crippen LogP) is 3.89. The minimum atomic E-state index is -3.61. The number of hydrogen-bond acceptors (Lipinski definition) is 6. The van der Waals surface area contributed by atoms with E-state index in [2.05, 4.69) is 20.8 Å². The van der Waals surface area contributed by atoms with Gasteiger partial charge in [0.1, 0.15) is 0 Å². The summed E-state index contributed by atoms with van der Waals surface area (Å²) < 4.78 is 27.7. The number of anilines is 1. The molecule has 1 saturated heterocycles. The molecule has 0 radical (unpaired) electrons. The number of aromatic nitrogens is 1. The maximum Gasteiger partial charge on any atom is 0.257 e. The maximum atomic E-state index is 13.1. The molecule has 0 spiro atoms. The SMILES string of the molecule is C/C(=N/NC(=O)C1CCN(S(=O)(=O)c2cc(C)ccc2C)CC1)c1ccc(NC(=O)c2cccnc2)cc1. The first-order chi connectivity index (χ1) is 18.1. The zero-order valence-electron chi connectivity index (χ0n) is 21.6. The Kier molecular flexibility index (Phi) is 8.33. The molecule has 1 aliphatic rings. The van der Waals surface area contributed by atoms with Crippen LogP contribution in [0.3, 0.4) is 0 Å². The number of amides is 2. The van der Waals surface area contributed by atoms with Crippen LogP contribution < -0.4 is 10.7 Å². The van der Waals surface area contributed by atoms with Crippen molar-refractivity contribution in [2.45, 2.75) is 38.5 Å². The monoisotopic (exact) mass is 533 g/mol. The molecule has 4 rings (SSSR count). The normalized spacial score (nSPS) is 15.2. The number of carbonyl (C=O) groups is 2. The lowest BCUT2D eigenvalue weighted by atomic mass is 9.98. The van der Waals surface area contributed by atoms with E-state index in [1.807, 2.05) is 19.1 Å². The fourth-order valence-electron chi connectivity index (χ4n) is 4.27. The summed E-state index contributed by atoms with van der Waals surface area (Å²) in [5.41, 5.74) is 6.72. The van der Waals surface area contributed by atoms with E-state index >= 15 is 0 Å². The molecular formula is C28H31N5O4S. The molecule has 1 fully saturated rings. The van der Waals surface area contributed by atoms with E-state index in [0.717, 1.165) is 11.1 Å². The van der Waals surface area contributed by atoms with Crippen LogP contribution >= 0.6 is 0 Å². The van der Waals surface area contributed by atoms with Crippen molar-refractivity contribution in [1.82, 2.24) is 14.7 Å². The number of hydrazone groups is 1. The molecule has 1 aromatic heterocycles. The third-order valence-corrected chi connectivity index (χ3v) is 8.64. The van der Waals surface area contributed by atoms with Crippen LogP contribution in [0.4, 0.5) is 5.69 Å². The van der Waals surface area contributed by atoms with Crippen LogP contribution in [0.5, 0.6) is 0 Å². The van der Waals surface area contributed by atoms with Crippen LogP contribution in [-0.4, -0.2) is 48.3 Å². The van der Waals surface area contributed by atoms with Gasteiger partial charge < -0.3 is 5.32 Å². The Morgan fingerprint density at radius 3 is 2.37 bits per heavy atom. The molecule has 198 valence electrons. The Balaban J connectivity index is 1.31. The average molecular weight is 534 g/mol. The number of carbonyl (C=O) groups excluding carboxylic acids is 2. The molecule has 0 unspecified atom stereocenters. The van der Waals surface area contributed by atoms with Crippen molar-refractivity contribution < 1.29 is 18.0 Å². The summed E-state index contributed by atoms with van der Waals surface area (Å²) in [5.74, 6) is -0.800. The summed E-state index contributed by atoms with van der Waals surface area (Å²) in [5, 5.41) is 7.05. The van der Waals surface area contributed by atoms with Crippen LogP contribution in [0.25, 0.3) is 0 Å². The molecule has 2 amide bonds. The number of piperidine rings is 1. The Bertz CT molecular complexity index is 1450. The fraction of sp³-hybridized carbons (Fsp3) is 0.286. The molecule has 2 aromatic carbocycles. The van der Waals surface area contributed by atoms with Gasteiger partial charge in [-0.05, 0) is 80.6 Å². The molecular weight excluding hydrogens is 502 g/mol. The van der Waals surface area contributed by atoms with Crippen LogP contribution in [0.2, 0.25) is 0 Å². The quantitative estimate of drug-likeness (QED) is 0.353. The van der Waals surface area contributed by atoms with E-state index in [-0.39, 0.29) is 30.8 Å². The maximum absolute atomic E-state index is 13.1. The molecule has 2 heterocycles. The molecule has 2 N–H and O–H groups in total. The first-order valence-electron chi connectivity index (χ1n) is 12.4. The topological polar surface area (TPSA) is 121 Å². The Morgan fingerprint density at radius 2 is 1.71 bits per heavy atom. The van der Waals surface area contributed by atoms with Crippen molar-refractivity contribution in [2.24, 2.45) is 11.0 Å². The molecule has 1 aliphatic heterocycles. The van der Waals surface area contributed by atoms with E-state index in [4.69, 9.17) is 0 Å². The smallest absolute Gasteiger partial charge is 0.257 e. The van der Waals surface area contributed by atoms with Gasteiger partial charge in [-0.15, -0.1) is 0 Å². The highest BCUT2D eigenvalue weighted by Gasteiger charge is 2.32. The summed E-state index contributed by atoms with van der Waals surface area (Å²) >= 11 is 0. The first-order valence-corrected chi connectivity index (χ1v) is 13.8. The minimum absolute atomic E-state index is 0.228. The van der Waals surface area contributed by atoms with Gasteiger partial charge in [-0.1, -0.05) is 24.3 Å². The van der Waals surface area contributed by atoms with Crippen molar-refractivity contribution in [3.63, 3.8) is 0 Å². The van der Waals surface area contributed by atoms with Gasteiger partial charge in [0.25, 0.3) is 5.91 Å². The third kappa shape index (κ3) is 6.32. The van der Waals surface area contributed by atoms with Gasteiger partial charge >= 0.3 is 0 Å². The zero-order valence-corrected chi connectivity index (χ0v) is 22.5. The second-order valence-corrected chi connectivity index (χ2v) is 11.3. The summed E-state index contributed by atoms with van der Waals surface area (Å²) in [6.07, 6.45) is 3.95. The van der Waals surface area contributed by atoms with Crippen molar-refractivity contribution in [3.05, 3.63) is 89.2 Å². The Hall–Kier alpha value is -3.89. The molecule has 0 aliphatic carbocycles. The van der Waals surface area contributed by atoms with Gasteiger partial charge in [-0.2, -0.15) is 9.41 Å². The highest BCUT2D eigenvalue weighted by molar-refractivity contribution is 7.89. The molecule has 0 bridgehead atoms. The van der Waals surface area contributed by atoms with Gasteiger partial charge in [0, 0.05) is 37.1 Å². The standard InChI is InChI=1S/C28H31N5O4S/c1-19-6-7-20(2)26(17-19)38(36,37)33-15-12-23(13-16-33)28(35)32-31-21(3)22-8-10-25(11-9-22)30-27(34)24-5-4-14-29-18-24/h4-11,14,17-18,23H,12-13,15-16H2,1-3H3,(H,30,34)(H,32,35)/b31-21-. The summed E-state index contributed by atoms with van der Waals surface area (Å²) in [6.45, 7) is 6.00. The van der Waals surface area contributed by atoms with Crippen molar-refractivity contribution in [2.75, 3.05) is 18.4 Å². The molecule has 3 aromatic rings. The molecule has 9 nitrogen and oxygen atoms in total. The highest BCUT2D eigenvalue weighted by atomic mass is 32.2. The molecule has 0 atom stereocenters. The number of rotatable bonds is 7. The van der Waals surface area contributed by atoms with E-state index < -0.39 is 10.0 Å². The molecule has 10 heteroatoms. The molecule has 0 saturated carbocycles. The van der Waals surface area contributed by atoms with Gasteiger partial charge in [0.05, 0.1) is 16.2 Å². The molecule has 38 heavy (non-hydrogen) atoms. The lowest BCUT2D eigenvalue weighted by Crippen LogP contribution is -2.42. The van der Waals surface area contributed by atoms with Crippen LogP contribution in [0.1, 0.15) is 46.8 Å². The number of nitrogens with zero attached hydrogens (tertiary/aromatic N) is 3. The van der Waals surface area contributed by atoms with Gasteiger partial charge in [-0.25, -0.2) is 13.8 Å². The summed E-state index contributed by atoms with van der Waals surface area (Å²) in [4.78, 5) is 29.3. The summed E-state index contributed by atoms with van der Waals surface area (Å²) in [6, 6.07) is 15.9. The second-order valence-electron chi connectivity index (χ2n) is 9.39. The van der Waals surface area contributed by atoms with E-state index in [0.29, 0.717) is 40.3 Å². The number of hydrogen-bond donors (Lipinski definition) is 2. The lowest BCUT2D eigenvalue weighted by molar-refractivity contribution is -0.126. The number of sulfonamides is 1. The third-order valence-electron chi connectivity index (χ3n) is 6.60. The van der Waals surface area contributed by atoms with E-state index in [1.165, 1.54) is 10.5 Å². The predicted molar refractivity (Wildman–Crippen MR) is 146 cm³/mol. The van der Waals surface area contributed by atoms with Crippen molar-refractivity contribution in [1.29, 1.82) is 0 Å². The Morgan fingerprint density at radius 1 is 1.00 bits per heavy atom. The zero-order chi connectivity index (χ0) is 27.3. The lowest BCUT2D eigenvalue weighted by Gasteiger charge is -2.30. The van der Waals surface area contributed by atoms with Crippen LogP contribution in [0.15, 0.2) is 77.0 Å². The van der Waals surface area contributed by atoms with Crippen molar-refractivity contribution >= 4 is 33.2 Å². The van der Waals surface area contributed by atoms with E-state index in [9.17, 15) is 18.0 Å². The van der Waals surface area contributed by atoms with Gasteiger partial charge in [0.2, 0.25) is 15.9 Å². The fourth-order valence-corrected chi connectivity index (χ4v) is 6.05. The van der Waals surface area contributed by atoms with Crippen LogP contribution in [0, 0.1) is 19.8 Å².